The van der Waals surface area contributed by atoms with Gasteiger partial charge in [-0.05, 0) is 26.2 Å². The van der Waals surface area contributed by atoms with Crippen LogP contribution in [0.4, 0.5) is 4.79 Å². The van der Waals surface area contributed by atoms with Crippen LogP contribution in [-0.4, -0.2) is 41.1 Å². The monoisotopic (exact) mass is 271 g/mol. The molecule has 0 saturated heterocycles. The Morgan fingerprint density at radius 3 is 2.42 bits per heavy atom. The zero-order valence-corrected chi connectivity index (χ0v) is 11.3. The van der Waals surface area contributed by atoms with Crippen LogP contribution in [0, 0.1) is 0 Å². The maximum Gasteiger partial charge on any atom is 0.329 e. The van der Waals surface area contributed by atoms with Crippen molar-refractivity contribution in [3.05, 3.63) is 0 Å². The highest BCUT2D eigenvalue weighted by atomic mass is 16.4. The van der Waals surface area contributed by atoms with E-state index in [0.717, 1.165) is 12.8 Å². The highest BCUT2D eigenvalue weighted by Gasteiger charge is 2.32. The molecular formula is C12H21N3O4. The van der Waals surface area contributed by atoms with Crippen LogP contribution in [0.25, 0.3) is 0 Å². The van der Waals surface area contributed by atoms with Crippen LogP contribution in [0.2, 0.25) is 0 Å². The summed E-state index contributed by atoms with van der Waals surface area (Å²) >= 11 is 0. The van der Waals surface area contributed by atoms with E-state index in [1.54, 1.807) is 6.92 Å². The van der Waals surface area contributed by atoms with Gasteiger partial charge in [-0.15, -0.1) is 0 Å². The van der Waals surface area contributed by atoms with Crippen molar-refractivity contribution in [1.29, 1.82) is 0 Å². The summed E-state index contributed by atoms with van der Waals surface area (Å²) < 4.78 is 0. The fourth-order valence-corrected chi connectivity index (χ4v) is 1.40. The van der Waals surface area contributed by atoms with Crippen LogP contribution >= 0.6 is 0 Å². The Hall–Kier alpha value is -1.79. The average Bonchev–Trinajstić information content (AvgIpc) is 3.12. The van der Waals surface area contributed by atoms with E-state index in [-0.39, 0.29) is 25.3 Å². The normalized spacial score (nSPS) is 17.2. The van der Waals surface area contributed by atoms with Gasteiger partial charge in [-0.2, -0.15) is 0 Å². The predicted octanol–water partition coefficient (Wildman–Crippen LogP) is 0.208. The van der Waals surface area contributed by atoms with Gasteiger partial charge in [-0.1, -0.05) is 6.92 Å². The van der Waals surface area contributed by atoms with E-state index in [4.69, 9.17) is 5.11 Å². The summed E-state index contributed by atoms with van der Waals surface area (Å²) in [4.78, 5) is 33.9. The summed E-state index contributed by atoms with van der Waals surface area (Å²) in [5.41, 5.74) is -1.29. The van der Waals surface area contributed by atoms with E-state index in [1.807, 2.05) is 0 Å². The third kappa shape index (κ3) is 5.15. The first-order valence-electron chi connectivity index (χ1n) is 6.46. The van der Waals surface area contributed by atoms with Gasteiger partial charge in [0, 0.05) is 19.0 Å². The molecule has 0 heterocycles. The van der Waals surface area contributed by atoms with Gasteiger partial charge in [0.2, 0.25) is 5.91 Å². The van der Waals surface area contributed by atoms with E-state index in [9.17, 15) is 14.4 Å². The average molecular weight is 271 g/mol. The number of urea groups is 1. The zero-order chi connectivity index (χ0) is 14.5. The second-order valence-corrected chi connectivity index (χ2v) is 4.96. The van der Waals surface area contributed by atoms with E-state index < -0.39 is 17.5 Å². The number of hydrogen-bond acceptors (Lipinski definition) is 3. The molecule has 0 aromatic carbocycles. The van der Waals surface area contributed by atoms with E-state index >= 15 is 0 Å². The summed E-state index contributed by atoms with van der Waals surface area (Å²) in [5.74, 6) is -1.18. The van der Waals surface area contributed by atoms with Crippen LogP contribution < -0.4 is 16.0 Å². The Kier molecular flexibility index (Phi) is 5.14. The Bertz CT molecular complexity index is 368. The molecule has 19 heavy (non-hydrogen) atoms. The van der Waals surface area contributed by atoms with Gasteiger partial charge < -0.3 is 21.1 Å². The number of aliphatic carboxylic acids is 1. The van der Waals surface area contributed by atoms with Crippen molar-refractivity contribution in [2.45, 2.75) is 51.1 Å². The first kappa shape index (κ1) is 15.3. The molecule has 1 fully saturated rings. The fourth-order valence-electron chi connectivity index (χ4n) is 1.40. The lowest BCUT2D eigenvalue weighted by molar-refractivity contribution is -0.143. The quantitative estimate of drug-likeness (QED) is 0.530. The van der Waals surface area contributed by atoms with Gasteiger partial charge in [-0.25, -0.2) is 9.59 Å². The van der Waals surface area contributed by atoms with Gasteiger partial charge in [0.25, 0.3) is 0 Å². The Morgan fingerprint density at radius 1 is 1.32 bits per heavy atom. The highest BCUT2D eigenvalue weighted by molar-refractivity contribution is 5.86. The van der Waals surface area contributed by atoms with Crippen LogP contribution in [0.3, 0.4) is 0 Å². The number of amides is 3. The van der Waals surface area contributed by atoms with Crippen molar-refractivity contribution in [3.8, 4) is 0 Å². The highest BCUT2D eigenvalue weighted by Crippen LogP contribution is 2.18. The molecule has 0 aliphatic heterocycles. The smallest absolute Gasteiger partial charge is 0.329 e. The number of hydrogen-bond donors (Lipinski definition) is 4. The van der Waals surface area contributed by atoms with Gasteiger partial charge in [0.05, 0.1) is 0 Å². The van der Waals surface area contributed by atoms with E-state index in [0.29, 0.717) is 6.04 Å². The van der Waals surface area contributed by atoms with Crippen molar-refractivity contribution in [3.63, 3.8) is 0 Å². The maximum atomic E-state index is 11.5. The fraction of sp³-hybridized carbons (Fsp3) is 0.750. The largest absolute Gasteiger partial charge is 0.480 e. The van der Waals surface area contributed by atoms with Crippen molar-refractivity contribution in [2.75, 3.05) is 6.54 Å². The molecule has 0 aromatic heterocycles. The van der Waals surface area contributed by atoms with Crippen molar-refractivity contribution in [2.24, 2.45) is 0 Å². The minimum Gasteiger partial charge on any atom is -0.480 e. The Balaban J connectivity index is 2.22. The van der Waals surface area contributed by atoms with Crippen LogP contribution in [-0.2, 0) is 9.59 Å². The lowest BCUT2D eigenvalue weighted by Crippen LogP contribution is -2.55. The molecule has 1 aliphatic rings. The molecule has 1 saturated carbocycles. The molecule has 4 N–H and O–H groups in total. The number of carbonyl (C=O) groups excluding carboxylic acids is 2. The van der Waals surface area contributed by atoms with E-state index in [1.165, 1.54) is 6.92 Å². The number of carbonyl (C=O) groups is 3. The topological polar surface area (TPSA) is 108 Å². The Morgan fingerprint density at radius 2 is 1.95 bits per heavy atom. The minimum atomic E-state index is -1.29. The molecule has 1 aliphatic carbocycles. The van der Waals surface area contributed by atoms with Crippen molar-refractivity contribution in [1.82, 2.24) is 16.0 Å². The predicted molar refractivity (Wildman–Crippen MR) is 68.6 cm³/mol. The first-order valence-corrected chi connectivity index (χ1v) is 6.46. The van der Waals surface area contributed by atoms with Gasteiger partial charge in [-0.3, -0.25) is 4.79 Å². The van der Waals surface area contributed by atoms with Gasteiger partial charge in [0.1, 0.15) is 5.54 Å². The van der Waals surface area contributed by atoms with Crippen LogP contribution in [0.1, 0.15) is 39.5 Å². The molecule has 1 rings (SSSR count). The van der Waals surface area contributed by atoms with Gasteiger partial charge in [0.15, 0.2) is 0 Å². The molecule has 1 unspecified atom stereocenters. The third-order valence-corrected chi connectivity index (χ3v) is 3.15. The van der Waals surface area contributed by atoms with Crippen molar-refractivity contribution >= 4 is 17.9 Å². The molecule has 7 heteroatoms. The van der Waals surface area contributed by atoms with Crippen molar-refractivity contribution < 1.29 is 19.5 Å². The second-order valence-electron chi connectivity index (χ2n) is 4.96. The SMILES string of the molecule is CCC(C)(NC(=O)NCCC(=O)NC1CC1)C(=O)O. The molecule has 0 aromatic rings. The third-order valence-electron chi connectivity index (χ3n) is 3.15. The number of carboxylic acid groups (broad SMARTS) is 1. The summed E-state index contributed by atoms with van der Waals surface area (Å²) in [7, 11) is 0. The first-order chi connectivity index (χ1) is 8.87. The summed E-state index contributed by atoms with van der Waals surface area (Å²) in [6, 6.07) is -0.275. The molecule has 1 atom stereocenters. The van der Waals surface area contributed by atoms with Crippen LogP contribution in [0.5, 0.6) is 0 Å². The van der Waals surface area contributed by atoms with Gasteiger partial charge >= 0.3 is 12.0 Å². The molecule has 3 amide bonds. The number of rotatable bonds is 7. The summed E-state index contributed by atoms with van der Waals surface area (Å²) in [6.45, 7) is 3.30. The molecule has 0 spiro atoms. The molecule has 7 nitrogen and oxygen atoms in total. The zero-order valence-electron chi connectivity index (χ0n) is 11.3. The standard InChI is InChI=1S/C12H21N3O4/c1-3-12(2,10(17)18)15-11(19)13-7-6-9(16)14-8-4-5-8/h8H,3-7H2,1-2H3,(H,14,16)(H,17,18)(H2,13,15,19). The summed E-state index contributed by atoms with van der Waals surface area (Å²) in [6.07, 6.45) is 2.51. The van der Waals surface area contributed by atoms with Crippen LogP contribution in [0.15, 0.2) is 0 Å². The molecule has 0 radical (unpaired) electrons. The minimum absolute atomic E-state index is 0.0979. The number of carboxylic acids is 1. The number of nitrogens with one attached hydrogen (secondary N) is 3. The molecule has 108 valence electrons. The summed E-state index contributed by atoms with van der Waals surface area (Å²) in [5, 5.41) is 16.7. The lowest BCUT2D eigenvalue weighted by Gasteiger charge is -2.24. The molecule has 0 bridgehead atoms. The molecular weight excluding hydrogens is 250 g/mol. The Labute approximate surface area is 112 Å². The second kappa shape index (κ2) is 6.40. The van der Waals surface area contributed by atoms with E-state index in [2.05, 4.69) is 16.0 Å². The lowest BCUT2D eigenvalue weighted by atomic mass is 10.00. The maximum absolute atomic E-state index is 11.5.